The average molecular weight is 315 g/mol. The van der Waals surface area contributed by atoms with Gasteiger partial charge >= 0.3 is 0 Å². The van der Waals surface area contributed by atoms with Crippen molar-refractivity contribution < 1.29 is 9.53 Å². The minimum atomic E-state index is -0.135. The molecule has 0 fully saturated rings. The second-order valence-corrected chi connectivity index (χ2v) is 6.54. The largest absolute Gasteiger partial charge is 0.491 e. The number of hydrogen-bond donors (Lipinski definition) is 0. The summed E-state index contributed by atoms with van der Waals surface area (Å²) in [6.07, 6.45) is 0.103. The fourth-order valence-electron chi connectivity index (χ4n) is 1.61. The van der Waals surface area contributed by atoms with E-state index in [9.17, 15) is 4.79 Å². The van der Waals surface area contributed by atoms with E-state index in [1.807, 2.05) is 13.8 Å². The van der Waals surface area contributed by atoms with E-state index in [4.69, 9.17) is 27.9 Å². The van der Waals surface area contributed by atoms with Gasteiger partial charge in [0, 0.05) is 5.56 Å². The van der Waals surface area contributed by atoms with E-state index in [0.717, 1.165) is 5.75 Å². The number of hydrogen-bond acceptors (Lipinski definition) is 3. The Morgan fingerprint density at radius 3 is 2.32 bits per heavy atom. The van der Waals surface area contributed by atoms with Crippen LogP contribution in [0.1, 0.15) is 29.8 Å². The molecule has 100 valence electrons. The summed E-state index contributed by atoms with van der Waals surface area (Å²) >= 11 is 13.0. The normalized spacial score (nSPS) is 10.8. The SMILES string of the molecule is CC(C)Oc1ccc(C(=O)c2cc(Cl)sc2Cl)cc1. The molecular formula is C14H12Cl2O2S. The van der Waals surface area contributed by atoms with Crippen LogP contribution in [0.25, 0.3) is 0 Å². The molecule has 0 saturated carbocycles. The molecule has 1 aromatic carbocycles. The van der Waals surface area contributed by atoms with Crippen molar-refractivity contribution in [1.82, 2.24) is 0 Å². The van der Waals surface area contributed by atoms with Gasteiger partial charge in [0.2, 0.25) is 0 Å². The Labute approximate surface area is 125 Å². The van der Waals surface area contributed by atoms with Gasteiger partial charge in [-0.2, -0.15) is 0 Å². The Morgan fingerprint density at radius 1 is 1.21 bits per heavy atom. The monoisotopic (exact) mass is 314 g/mol. The van der Waals surface area contributed by atoms with E-state index in [1.165, 1.54) is 11.3 Å². The van der Waals surface area contributed by atoms with Crippen LogP contribution < -0.4 is 4.74 Å². The van der Waals surface area contributed by atoms with Crippen molar-refractivity contribution in [2.45, 2.75) is 20.0 Å². The fraction of sp³-hybridized carbons (Fsp3) is 0.214. The van der Waals surface area contributed by atoms with Gasteiger partial charge in [0.1, 0.15) is 10.1 Å². The molecule has 5 heteroatoms. The molecule has 0 radical (unpaired) electrons. The van der Waals surface area contributed by atoms with E-state index in [1.54, 1.807) is 30.3 Å². The van der Waals surface area contributed by atoms with E-state index in [-0.39, 0.29) is 11.9 Å². The number of rotatable bonds is 4. The van der Waals surface area contributed by atoms with Crippen LogP contribution >= 0.6 is 34.5 Å². The average Bonchev–Trinajstić information content (AvgIpc) is 2.68. The molecule has 0 unspecified atom stereocenters. The van der Waals surface area contributed by atoms with Gasteiger partial charge in [-0.3, -0.25) is 4.79 Å². The summed E-state index contributed by atoms with van der Waals surface area (Å²) in [6, 6.07) is 8.59. The summed E-state index contributed by atoms with van der Waals surface area (Å²) < 4.78 is 6.45. The van der Waals surface area contributed by atoms with Gasteiger partial charge < -0.3 is 4.74 Å². The summed E-state index contributed by atoms with van der Waals surface area (Å²) in [5.74, 6) is 0.602. The number of benzene rings is 1. The molecule has 0 atom stereocenters. The Hall–Kier alpha value is -1.03. The van der Waals surface area contributed by atoms with Gasteiger partial charge in [-0.25, -0.2) is 0 Å². The van der Waals surface area contributed by atoms with Gasteiger partial charge in [0.05, 0.1) is 16.0 Å². The predicted octanol–water partition coefficient (Wildman–Crippen LogP) is 5.07. The lowest BCUT2D eigenvalue weighted by Gasteiger charge is -2.09. The molecule has 0 saturated heterocycles. The summed E-state index contributed by atoms with van der Waals surface area (Å²) in [5, 5.41) is 0. The number of halogens is 2. The minimum Gasteiger partial charge on any atom is -0.491 e. The first-order chi connectivity index (χ1) is 8.97. The third kappa shape index (κ3) is 3.50. The van der Waals surface area contributed by atoms with Crippen LogP contribution in [0.15, 0.2) is 30.3 Å². The van der Waals surface area contributed by atoms with Crippen molar-refractivity contribution in [2.75, 3.05) is 0 Å². The number of ether oxygens (including phenoxy) is 1. The second kappa shape index (κ2) is 5.95. The van der Waals surface area contributed by atoms with Crippen molar-refractivity contribution in [3.05, 3.63) is 50.1 Å². The first kappa shape index (κ1) is 14.4. The molecule has 0 aliphatic carbocycles. The van der Waals surface area contributed by atoms with E-state index in [2.05, 4.69) is 0 Å². The molecule has 0 bridgehead atoms. The third-order valence-corrected chi connectivity index (χ3v) is 3.88. The standard InChI is InChI=1S/C14H12Cl2O2S/c1-8(2)18-10-5-3-9(4-6-10)13(17)11-7-12(15)19-14(11)16/h3-8H,1-2H3. The van der Waals surface area contributed by atoms with Gasteiger partial charge in [0.25, 0.3) is 0 Å². The van der Waals surface area contributed by atoms with Crippen LogP contribution in [-0.2, 0) is 0 Å². The van der Waals surface area contributed by atoms with E-state index in [0.29, 0.717) is 19.8 Å². The van der Waals surface area contributed by atoms with Crippen LogP contribution in [-0.4, -0.2) is 11.9 Å². The lowest BCUT2D eigenvalue weighted by atomic mass is 10.1. The Bertz CT molecular complexity index is 588. The van der Waals surface area contributed by atoms with Crippen LogP contribution in [0.3, 0.4) is 0 Å². The Kier molecular flexibility index (Phi) is 4.50. The molecule has 1 aromatic heterocycles. The van der Waals surface area contributed by atoms with Crippen molar-refractivity contribution >= 4 is 40.3 Å². The molecule has 2 rings (SSSR count). The van der Waals surface area contributed by atoms with Crippen LogP contribution in [0.4, 0.5) is 0 Å². The van der Waals surface area contributed by atoms with Crippen LogP contribution in [0, 0.1) is 0 Å². The zero-order valence-corrected chi connectivity index (χ0v) is 12.8. The minimum absolute atomic E-state index is 0.103. The molecule has 0 aliphatic heterocycles. The molecule has 0 aliphatic rings. The van der Waals surface area contributed by atoms with Crippen LogP contribution in [0.5, 0.6) is 5.75 Å². The smallest absolute Gasteiger partial charge is 0.195 e. The molecule has 2 nitrogen and oxygen atoms in total. The highest BCUT2D eigenvalue weighted by Gasteiger charge is 2.16. The highest BCUT2D eigenvalue weighted by molar-refractivity contribution is 7.20. The summed E-state index contributed by atoms with van der Waals surface area (Å²) in [4.78, 5) is 12.2. The molecule has 2 aromatic rings. The highest BCUT2D eigenvalue weighted by Crippen LogP contribution is 2.32. The zero-order valence-electron chi connectivity index (χ0n) is 10.4. The summed E-state index contributed by atoms with van der Waals surface area (Å²) in [7, 11) is 0. The third-order valence-electron chi connectivity index (χ3n) is 2.39. The van der Waals surface area contributed by atoms with Crippen LogP contribution in [0.2, 0.25) is 8.67 Å². The molecule has 0 amide bonds. The van der Waals surface area contributed by atoms with Gasteiger partial charge in [0.15, 0.2) is 5.78 Å². The second-order valence-electron chi connectivity index (χ2n) is 4.26. The summed E-state index contributed by atoms with van der Waals surface area (Å²) in [6.45, 7) is 3.90. The van der Waals surface area contributed by atoms with Gasteiger partial charge in [-0.15, -0.1) is 11.3 Å². The number of thiophene rings is 1. The molecule has 1 heterocycles. The number of carbonyl (C=O) groups is 1. The van der Waals surface area contributed by atoms with Crippen molar-refractivity contribution in [1.29, 1.82) is 0 Å². The maximum absolute atomic E-state index is 12.2. The fourth-order valence-corrected chi connectivity index (χ4v) is 3.07. The number of carbonyl (C=O) groups excluding carboxylic acids is 1. The zero-order chi connectivity index (χ0) is 14.0. The van der Waals surface area contributed by atoms with E-state index < -0.39 is 0 Å². The van der Waals surface area contributed by atoms with Gasteiger partial charge in [-0.1, -0.05) is 23.2 Å². The maximum Gasteiger partial charge on any atom is 0.195 e. The first-order valence-electron chi connectivity index (χ1n) is 5.73. The van der Waals surface area contributed by atoms with Gasteiger partial charge in [-0.05, 0) is 44.2 Å². The topological polar surface area (TPSA) is 26.3 Å². The summed E-state index contributed by atoms with van der Waals surface area (Å²) in [5.41, 5.74) is 1.00. The molecule has 19 heavy (non-hydrogen) atoms. The molecular weight excluding hydrogens is 303 g/mol. The molecule has 0 spiro atoms. The Balaban J connectivity index is 2.22. The lowest BCUT2D eigenvalue weighted by Crippen LogP contribution is -2.06. The predicted molar refractivity (Wildman–Crippen MR) is 80.0 cm³/mol. The maximum atomic E-state index is 12.2. The van der Waals surface area contributed by atoms with Crippen molar-refractivity contribution in [3.63, 3.8) is 0 Å². The van der Waals surface area contributed by atoms with Crippen molar-refractivity contribution in [3.8, 4) is 5.75 Å². The first-order valence-corrected chi connectivity index (χ1v) is 7.31. The highest BCUT2D eigenvalue weighted by atomic mass is 35.5. The molecule has 0 N–H and O–H groups in total. The lowest BCUT2D eigenvalue weighted by molar-refractivity contribution is 0.103. The number of ketones is 1. The van der Waals surface area contributed by atoms with Crippen molar-refractivity contribution in [2.24, 2.45) is 0 Å². The Morgan fingerprint density at radius 2 is 1.84 bits per heavy atom. The quantitative estimate of drug-likeness (QED) is 0.736. The van der Waals surface area contributed by atoms with E-state index >= 15 is 0 Å².